The number of nitrogens with one attached hydrogen (secondary N) is 1. The van der Waals surface area contributed by atoms with E-state index >= 15 is 0 Å². The summed E-state index contributed by atoms with van der Waals surface area (Å²) < 4.78 is 26.4. The van der Waals surface area contributed by atoms with Gasteiger partial charge < -0.3 is 5.32 Å². The Hall–Kier alpha value is -2.23. The first kappa shape index (κ1) is 11.8. The summed E-state index contributed by atoms with van der Waals surface area (Å²) in [6, 6.07) is 8.23. The van der Waals surface area contributed by atoms with Crippen LogP contribution in [0.15, 0.2) is 36.4 Å². The van der Waals surface area contributed by atoms with Gasteiger partial charge in [0.05, 0.1) is 5.56 Å². The molecular weight excluding hydrogens is 248 g/mol. The van der Waals surface area contributed by atoms with E-state index in [1.807, 2.05) is 6.07 Å². The normalized spacial score (nSPS) is 12.9. The van der Waals surface area contributed by atoms with Crippen LogP contribution >= 0.6 is 0 Å². The Kier molecular flexibility index (Phi) is 2.78. The molecule has 0 amide bonds. The zero-order valence-corrected chi connectivity index (χ0v) is 10.0. The second kappa shape index (κ2) is 4.46. The lowest BCUT2D eigenvalue weighted by atomic mass is 10.00. The van der Waals surface area contributed by atoms with E-state index in [1.54, 1.807) is 12.1 Å². The Morgan fingerprint density at radius 3 is 2.74 bits per heavy atom. The molecule has 0 saturated carbocycles. The quantitative estimate of drug-likeness (QED) is 0.839. The molecule has 1 N–H and O–H groups in total. The first-order chi connectivity index (χ1) is 9.15. The highest BCUT2D eigenvalue weighted by Crippen LogP contribution is 2.24. The van der Waals surface area contributed by atoms with E-state index < -0.39 is 17.4 Å². The maximum atomic E-state index is 13.6. The third-order valence-corrected chi connectivity index (χ3v) is 3.25. The highest BCUT2D eigenvalue weighted by Gasteiger charge is 2.17. The van der Waals surface area contributed by atoms with Crippen molar-refractivity contribution < 1.29 is 13.6 Å². The van der Waals surface area contributed by atoms with Crippen LogP contribution in [0, 0.1) is 11.6 Å². The Morgan fingerprint density at radius 2 is 1.95 bits per heavy atom. The van der Waals surface area contributed by atoms with Crippen LogP contribution in [0.1, 0.15) is 21.5 Å². The number of halogens is 2. The number of hydrogen-bond acceptors (Lipinski definition) is 2. The third kappa shape index (κ3) is 2.10. The SMILES string of the molecule is O=C(c1ccc2c(c1)CCN2)c1ccc(F)cc1F. The molecule has 0 unspecified atom stereocenters. The lowest BCUT2D eigenvalue weighted by Crippen LogP contribution is -2.05. The van der Waals surface area contributed by atoms with Gasteiger partial charge in [-0.15, -0.1) is 0 Å². The van der Waals surface area contributed by atoms with Crippen LogP contribution in [0.5, 0.6) is 0 Å². The van der Waals surface area contributed by atoms with Crippen LogP contribution in [0.2, 0.25) is 0 Å². The number of hydrogen-bond donors (Lipinski definition) is 1. The molecule has 4 heteroatoms. The summed E-state index contributed by atoms with van der Waals surface area (Å²) in [5.41, 5.74) is 2.38. The van der Waals surface area contributed by atoms with Gasteiger partial charge in [-0.3, -0.25) is 4.79 Å². The number of fused-ring (bicyclic) bond motifs is 1. The summed E-state index contributed by atoms with van der Waals surface area (Å²) in [6.07, 6.45) is 0.850. The third-order valence-electron chi connectivity index (χ3n) is 3.25. The van der Waals surface area contributed by atoms with Crippen molar-refractivity contribution in [2.24, 2.45) is 0 Å². The monoisotopic (exact) mass is 259 g/mol. The van der Waals surface area contributed by atoms with Gasteiger partial charge in [-0.2, -0.15) is 0 Å². The van der Waals surface area contributed by atoms with Crippen LogP contribution in [0.4, 0.5) is 14.5 Å². The smallest absolute Gasteiger partial charge is 0.195 e. The minimum Gasteiger partial charge on any atom is -0.384 e. The second-order valence-corrected chi connectivity index (χ2v) is 4.50. The molecule has 0 bridgehead atoms. The van der Waals surface area contributed by atoms with Crippen LogP contribution in [-0.2, 0) is 6.42 Å². The van der Waals surface area contributed by atoms with E-state index in [0.29, 0.717) is 5.56 Å². The summed E-state index contributed by atoms with van der Waals surface area (Å²) >= 11 is 0. The van der Waals surface area contributed by atoms with Crippen molar-refractivity contribution in [2.45, 2.75) is 6.42 Å². The second-order valence-electron chi connectivity index (χ2n) is 4.50. The number of carbonyl (C=O) groups excluding carboxylic acids is 1. The molecule has 19 heavy (non-hydrogen) atoms. The predicted molar refractivity (Wildman–Crippen MR) is 68.4 cm³/mol. The standard InChI is InChI=1S/C15H11F2NO/c16-11-2-3-12(13(17)8-11)15(19)10-1-4-14-9(7-10)5-6-18-14/h1-4,7-8,18H,5-6H2. The zero-order chi connectivity index (χ0) is 13.4. The minimum atomic E-state index is -0.830. The van der Waals surface area contributed by atoms with Crippen molar-refractivity contribution in [3.63, 3.8) is 0 Å². The predicted octanol–water partition coefficient (Wildman–Crippen LogP) is 3.16. The molecule has 0 radical (unpaired) electrons. The zero-order valence-electron chi connectivity index (χ0n) is 10.0. The molecule has 1 aliphatic heterocycles. The van der Waals surface area contributed by atoms with Crippen molar-refractivity contribution in [3.05, 3.63) is 64.7 Å². The highest BCUT2D eigenvalue weighted by atomic mass is 19.1. The first-order valence-corrected chi connectivity index (χ1v) is 6.02. The molecule has 2 nitrogen and oxygen atoms in total. The van der Waals surface area contributed by atoms with E-state index in [4.69, 9.17) is 0 Å². The summed E-state index contributed by atoms with van der Waals surface area (Å²) in [4.78, 5) is 12.2. The molecular formula is C15H11F2NO. The lowest BCUT2D eigenvalue weighted by molar-refractivity contribution is 0.103. The maximum absolute atomic E-state index is 13.6. The number of benzene rings is 2. The van der Waals surface area contributed by atoms with Crippen LogP contribution in [0.25, 0.3) is 0 Å². The molecule has 0 spiro atoms. The van der Waals surface area contributed by atoms with Gasteiger partial charge >= 0.3 is 0 Å². The Bertz CT molecular complexity index is 667. The van der Waals surface area contributed by atoms with Gasteiger partial charge in [-0.1, -0.05) is 0 Å². The minimum absolute atomic E-state index is 0.104. The van der Waals surface area contributed by atoms with Gasteiger partial charge in [0.15, 0.2) is 5.78 Å². The van der Waals surface area contributed by atoms with Crippen LogP contribution < -0.4 is 5.32 Å². The molecule has 1 aliphatic rings. The van der Waals surface area contributed by atoms with Crippen molar-refractivity contribution in [1.82, 2.24) is 0 Å². The van der Waals surface area contributed by atoms with E-state index in [2.05, 4.69) is 5.32 Å². The van der Waals surface area contributed by atoms with Gasteiger partial charge in [0.25, 0.3) is 0 Å². The number of ketones is 1. The van der Waals surface area contributed by atoms with Gasteiger partial charge in [0.1, 0.15) is 11.6 Å². The van der Waals surface area contributed by atoms with Gasteiger partial charge in [-0.25, -0.2) is 8.78 Å². The van der Waals surface area contributed by atoms with Crippen molar-refractivity contribution >= 4 is 11.5 Å². The molecule has 2 aromatic rings. The fraction of sp³-hybridized carbons (Fsp3) is 0.133. The van der Waals surface area contributed by atoms with Crippen molar-refractivity contribution in [3.8, 4) is 0 Å². The van der Waals surface area contributed by atoms with Gasteiger partial charge in [0, 0.05) is 23.9 Å². The van der Waals surface area contributed by atoms with Crippen LogP contribution in [0.3, 0.4) is 0 Å². The Labute approximate surface area is 109 Å². The van der Waals surface area contributed by atoms with E-state index in [0.717, 1.165) is 36.3 Å². The topological polar surface area (TPSA) is 29.1 Å². The molecule has 0 fully saturated rings. The molecule has 0 saturated heterocycles. The molecule has 0 aliphatic carbocycles. The van der Waals surface area contributed by atoms with Gasteiger partial charge in [0.2, 0.25) is 0 Å². The van der Waals surface area contributed by atoms with E-state index in [9.17, 15) is 13.6 Å². The molecule has 1 heterocycles. The average molecular weight is 259 g/mol. The lowest BCUT2D eigenvalue weighted by Gasteiger charge is -2.05. The number of anilines is 1. The molecule has 0 aromatic heterocycles. The fourth-order valence-corrected chi connectivity index (χ4v) is 2.28. The summed E-state index contributed by atoms with van der Waals surface area (Å²) in [7, 11) is 0. The molecule has 2 aromatic carbocycles. The Balaban J connectivity index is 2.00. The maximum Gasteiger partial charge on any atom is 0.195 e. The molecule has 3 rings (SSSR count). The number of carbonyl (C=O) groups is 1. The molecule has 96 valence electrons. The van der Waals surface area contributed by atoms with Crippen LogP contribution in [-0.4, -0.2) is 12.3 Å². The molecule has 0 atom stereocenters. The highest BCUT2D eigenvalue weighted by molar-refractivity contribution is 6.09. The Morgan fingerprint density at radius 1 is 1.11 bits per heavy atom. The largest absolute Gasteiger partial charge is 0.384 e. The van der Waals surface area contributed by atoms with Crippen molar-refractivity contribution in [1.29, 1.82) is 0 Å². The fourth-order valence-electron chi connectivity index (χ4n) is 2.28. The number of rotatable bonds is 2. The first-order valence-electron chi connectivity index (χ1n) is 6.02. The summed E-state index contributed by atoms with van der Waals surface area (Å²) in [6.45, 7) is 0.845. The van der Waals surface area contributed by atoms with Gasteiger partial charge in [-0.05, 0) is 42.3 Å². The summed E-state index contributed by atoms with van der Waals surface area (Å²) in [5, 5.41) is 3.19. The average Bonchev–Trinajstić information content (AvgIpc) is 2.85. The van der Waals surface area contributed by atoms with E-state index in [-0.39, 0.29) is 5.56 Å². The van der Waals surface area contributed by atoms with Crippen molar-refractivity contribution in [2.75, 3.05) is 11.9 Å². The van der Waals surface area contributed by atoms with E-state index in [1.165, 1.54) is 6.07 Å². The summed E-state index contributed by atoms with van der Waals surface area (Å²) in [5.74, 6) is -1.94.